The predicted octanol–water partition coefficient (Wildman–Crippen LogP) is 3.77. The molecule has 0 spiro atoms. The number of aromatic nitrogens is 2. The Kier molecular flexibility index (Phi) is 6.80. The van der Waals surface area contributed by atoms with Gasteiger partial charge in [0.15, 0.2) is 0 Å². The molecule has 3 rings (SSSR count). The van der Waals surface area contributed by atoms with Gasteiger partial charge >= 0.3 is 0 Å². The number of nitrogens with one attached hydrogen (secondary N) is 1. The van der Waals surface area contributed by atoms with E-state index in [4.69, 9.17) is 0 Å². The average Bonchev–Trinajstić information content (AvgIpc) is 2.97. The molecule has 9 heteroatoms. The quantitative estimate of drug-likeness (QED) is 0.678. The van der Waals surface area contributed by atoms with Crippen LogP contribution in [0.3, 0.4) is 0 Å². The third kappa shape index (κ3) is 4.90. The summed E-state index contributed by atoms with van der Waals surface area (Å²) in [5, 5.41) is 7.28. The van der Waals surface area contributed by atoms with E-state index in [0.29, 0.717) is 36.7 Å². The van der Waals surface area contributed by atoms with E-state index >= 15 is 0 Å². The van der Waals surface area contributed by atoms with Crippen LogP contribution in [0.15, 0.2) is 27.6 Å². The van der Waals surface area contributed by atoms with Gasteiger partial charge in [-0.15, -0.1) is 0 Å². The molecule has 29 heavy (non-hydrogen) atoms. The molecule has 0 bridgehead atoms. The van der Waals surface area contributed by atoms with Crippen LogP contribution in [0.5, 0.6) is 0 Å². The van der Waals surface area contributed by atoms with Gasteiger partial charge < -0.3 is 5.32 Å². The van der Waals surface area contributed by atoms with Crippen molar-refractivity contribution >= 4 is 37.5 Å². The number of sulfonamides is 1. The molecule has 1 fully saturated rings. The Morgan fingerprint density at radius 3 is 2.52 bits per heavy atom. The van der Waals surface area contributed by atoms with Gasteiger partial charge in [-0.05, 0) is 67.2 Å². The van der Waals surface area contributed by atoms with Crippen LogP contribution < -0.4 is 5.32 Å². The Labute approximate surface area is 180 Å². The van der Waals surface area contributed by atoms with Crippen molar-refractivity contribution in [2.75, 3.05) is 18.4 Å². The van der Waals surface area contributed by atoms with E-state index in [1.807, 2.05) is 25.1 Å². The minimum atomic E-state index is -3.56. The third-order valence-corrected chi connectivity index (χ3v) is 7.99. The molecule has 1 saturated heterocycles. The number of halogens is 1. The van der Waals surface area contributed by atoms with Crippen LogP contribution in [0.1, 0.15) is 42.6 Å². The molecule has 1 aliphatic rings. The first-order chi connectivity index (χ1) is 13.7. The summed E-state index contributed by atoms with van der Waals surface area (Å²) in [6, 6.07) is 5.72. The number of carbonyl (C=O) groups excluding carboxylic acids is 1. The summed E-state index contributed by atoms with van der Waals surface area (Å²) in [5.74, 6) is -0.150. The SMILES string of the molecule is Cc1ccc(NC(=O)CCn2nc(C)c(S(=O)(=O)N3CCCCC3)c2C)c(Br)c1. The molecule has 1 N–H and O–H groups in total. The van der Waals surface area contributed by atoms with Crippen molar-refractivity contribution < 1.29 is 13.2 Å². The van der Waals surface area contributed by atoms with Gasteiger partial charge in [0.05, 0.1) is 23.6 Å². The highest BCUT2D eigenvalue weighted by Crippen LogP contribution is 2.27. The standard InChI is InChI=1S/C20H27BrN4O3S/c1-14-7-8-18(17(21)13-14)22-19(26)9-12-25-16(3)20(15(2)23-25)29(27,28)24-10-5-4-6-11-24/h7-8,13H,4-6,9-12H2,1-3H3,(H,22,26). The number of piperidine rings is 1. The normalized spacial score (nSPS) is 15.4. The molecular weight excluding hydrogens is 456 g/mol. The minimum Gasteiger partial charge on any atom is -0.325 e. The van der Waals surface area contributed by atoms with Crippen LogP contribution in [0.25, 0.3) is 0 Å². The average molecular weight is 483 g/mol. The second-order valence-electron chi connectivity index (χ2n) is 7.47. The lowest BCUT2D eigenvalue weighted by Gasteiger charge is -2.26. The summed E-state index contributed by atoms with van der Waals surface area (Å²) in [6.07, 6.45) is 3.04. The first-order valence-corrected chi connectivity index (χ1v) is 12.0. The molecule has 1 aliphatic heterocycles. The Bertz CT molecular complexity index is 1010. The number of hydrogen-bond acceptors (Lipinski definition) is 4. The second kappa shape index (κ2) is 8.97. The van der Waals surface area contributed by atoms with Crippen molar-refractivity contribution in [1.29, 1.82) is 0 Å². The van der Waals surface area contributed by atoms with Crippen LogP contribution in [-0.4, -0.2) is 41.5 Å². The maximum atomic E-state index is 13.1. The first kappa shape index (κ1) is 22.0. The van der Waals surface area contributed by atoms with Crippen molar-refractivity contribution in [2.24, 2.45) is 0 Å². The zero-order chi connectivity index (χ0) is 21.2. The van der Waals surface area contributed by atoms with Crippen molar-refractivity contribution in [3.63, 3.8) is 0 Å². The summed E-state index contributed by atoms with van der Waals surface area (Å²) in [5.41, 5.74) is 2.87. The number of anilines is 1. The fraction of sp³-hybridized carbons (Fsp3) is 0.500. The molecule has 2 heterocycles. The molecule has 0 atom stereocenters. The molecule has 0 radical (unpaired) electrons. The van der Waals surface area contributed by atoms with Crippen LogP contribution in [-0.2, 0) is 21.4 Å². The molecular formula is C20H27BrN4O3S. The number of aryl methyl sites for hydroxylation is 3. The molecule has 7 nitrogen and oxygen atoms in total. The van der Waals surface area contributed by atoms with E-state index in [0.717, 1.165) is 29.3 Å². The Morgan fingerprint density at radius 1 is 1.17 bits per heavy atom. The molecule has 1 aromatic carbocycles. The van der Waals surface area contributed by atoms with E-state index < -0.39 is 10.0 Å². The van der Waals surface area contributed by atoms with Gasteiger partial charge in [-0.25, -0.2) is 8.42 Å². The van der Waals surface area contributed by atoms with Crippen LogP contribution in [0, 0.1) is 20.8 Å². The molecule has 158 valence electrons. The van der Waals surface area contributed by atoms with Gasteiger partial charge in [0.1, 0.15) is 4.90 Å². The Balaban J connectivity index is 1.70. The van der Waals surface area contributed by atoms with Crippen molar-refractivity contribution in [3.05, 3.63) is 39.6 Å². The summed E-state index contributed by atoms with van der Waals surface area (Å²) in [6.45, 7) is 6.88. The van der Waals surface area contributed by atoms with E-state index in [1.54, 1.807) is 22.8 Å². The number of amides is 1. The third-order valence-electron chi connectivity index (χ3n) is 5.18. The fourth-order valence-electron chi connectivity index (χ4n) is 3.65. The molecule has 1 amide bonds. The van der Waals surface area contributed by atoms with E-state index in [2.05, 4.69) is 26.3 Å². The number of hydrogen-bond donors (Lipinski definition) is 1. The maximum absolute atomic E-state index is 13.1. The number of benzene rings is 1. The van der Waals surface area contributed by atoms with Crippen LogP contribution >= 0.6 is 15.9 Å². The summed E-state index contributed by atoms with van der Waals surface area (Å²) >= 11 is 3.45. The van der Waals surface area contributed by atoms with Gasteiger partial charge in [0, 0.05) is 24.0 Å². The first-order valence-electron chi connectivity index (χ1n) is 9.80. The predicted molar refractivity (Wildman–Crippen MR) is 116 cm³/mol. The zero-order valence-corrected chi connectivity index (χ0v) is 19.4. The zero-order valence-electron chi connectivity index (χ0n) is 17.0. The van der Waals surface area contributed by atoms with Crippen LogP contribution in [0.2, 0.25) is 0 Å². The van der Waals surface area contributed by atoms with Crippen molar-refractivity contribution in [2.45, 2.75) is 57.9 Å². The maximum Gasteiger partial charge on any atom is 0.246 e. The fourth-order valence-corrected chi connectivity index (χ4v) is 6.13. The van der Waals surface area contributed by atoms with E-state index in [-0.39, 0.29) is 17.2 Å². The lowest BCUT2D eigenvalue weighted by atomic mass is 10.2. The van der Waals surface area contributed by atoms with Crippen LogP contribution in [0.4, 0.5) is 5.69 Å². The van der Waals surface area contributed by atoms with Gasteiger partial charge in [-0.2, -0.15) is 9.40 Å². The van der Waals surface area contributed by atoms with Gasteiger partial charge in [-0.1, -0.05) is 12.5 Å². The number of rotatable bonds is 6. The van der Waals surface area contributed by atoms with E-state index in [9.17, 15) is 13.2 Å². The Morgan fingerprint density at radius 2 is 1.86 bits per heavy atom. The highest BCUT2D eigenvalue weighted by atomic mass is 79.9. The molecule has 0 aliphatic carbocycles. The van der Waals surface area contributed by atoms with Crippen molar-refractivity contribution in [3.8, 4) is 0 Å². The Hall–Kier alpha value is -1.71. The highest BCUT2D eigenvalue weighted by molar-refractivity contribution is 9.10. The number of carbonyl (C=O) groups is 1. The molecule has 0 unspecified atom stereocenters. The van der Waals surface area contributed by atoms with Gasteiger partial charge in [-0.3, -0.25) is 9.48 Å². The molecule has 1 aromatic heterocycles. The van der Waals surface area contributed by atoms with Crippen molar-refractivity contribution in [1.82, 2.24) is 14.1 Å². The topological polar surface area (TPSA) is 84.3 Å². The smallest absolute Gasteiger partial charge is 0.246 e. The molecule has 0 saturated carbocycles. The minimum absolute atomic E-state index is 0.150. The second-order valence-corrected chi connectivity index (χ2v) is 10.2. The highest BCUT2D eigenvalue weighted by Gasteiger charge is 2.31. The van der Waals surface area contributed by atoms with Gasteiger partial charge in [0.2, 0.25) is 15.9 Å². The number of nitrogens with zero attached hydrogens (tertiary/aromatic N) is 3. The summed E-state index contributed by atoms with van der Waals surface area (Å²) in [4.78, 5) is 12.6. The monoisotopic (exact) mass is 482 g/mol. The lowest BCUT2D eigenvalue weighted by molar-refractivity contribution is -0.116. The summed E-state index contributed by atoms with van der Waals surface area (Å²) in [7, 11) is -3.56. The summed E-state index contributed by atoms with van der Waals surface area (Å²) < 4.78 is 30.2. The lowest BCUT2D eigenvalue weighted by Crippen LogP contribution is -2.36. The van der Waals surface area contributed by atoms with Gasteiger partial charge in [0.25, 0.3) is 0 Å². The van der Waals surface area contributed by atoms with E-state index in [1.165, 1.54) is 0 Å². The molecule has 2 aromatic rings. The largest absolute Gasteiger partial charge is 0.325 e.